The fraction of sp³-hybridized carbons (Fsp3) is 0.133. The van der Waals surface area contributed by atoms with Crippen LogP contribution in [0.25, 0.3) is 27.5 Å². The molecule has 0 saturated heterocycles. The molecule has 0 aliphatic heterocycles. The van der Waals surface area contributed by atoms with Gasteiger partial charge >= 0.3 is 0 Å². The van der Waals surface area contributed by atoms with Gasteiger partial charge < -0.3 is 4.90 Å². The summed E-state index contributed by atoms with van der Waals surface area (Å²) in [6.07, 6.45) is 29.3. The van der Waals surface area contributed by atoms with Crippen LogP contribution in [0.5, 0.6) is 0 Å². The number of anilines is 1. The molecular formula is C60H59N. The van der Waals surface area contributed by atoms with E-state index in [2.05, 4.69) is 247 Å². The molecule has 0 amide bonds. The number of rotatable bonds is 15. The van der Waals surface area contributed by atoms with Crippen LogP contribution in [0.3, 0.4) is 0 Å². The van der Waals surface area contributed by atoms with E-state index in [0.717, 1.165) is 56.7 Å². The number of benzene rings is 5. The first-order valence-electron chi connectivity index (χ1n) is 21.4. The Kier molecular flexibility index (Phi) is 15.3. The van der Waals surface area contributed by atoms with Crippen molar-refractivity contribution in [3.05, 3.63) is 276 Å². The van der Waals surface area contributed by atoms with Crippen molar-refractivity contribution in [3.8, 4) is 0 Å². The average Bonchev–Trinajstić information content (AvgIpc) is 3.49. The molecule has 0 fully saturated rings. The molecule has 0 heterocycles. The predicted molar refractivity (Wildman–Crippen MR) is 269 cm³/mol. The van der Waals surface area contributed by atoms with E-state index in [1.165, 1.54) is 33.2 Å². The largest absolute Gasteiger partial charge is 0.338 e. The highest BCUT2D eigenvalue weighted by Crippen LogP contribution is 2.37. The molecule has 1 aliphatic rings. The second kappa shape index (κ2) is 21.3. The number of aryl methyl sites for hydroxylation is 1. The van der Waals surface area contributed by atoms with Crippen LogP contribution in [-0.4, -0.2) is 6.04 Å². The van der Waals surface area contributed by atoms with Gasteiger partial charge in [0.2, 0.25) is 0 Å². The van der Waals surface area contributed by atoms with Gasteiger partial charge in [0.15, 0.2) is 0 Å². The van der Waals surface area contributed by atoms with E-state index in [-0.39, 0.29) is 12.0 Å². The summed E-state index contributed by atoms with van der Waals surface area (Å²) in [7, 11) is 0. The van der Waals surface area contributed by atoms with E-state index in [9.17, 15) is 0 Å². The zero-order chi connectivity index (χ0) is 43.1. The van der Waals surface area contributed by atoms with Gasteiger partial charge in [0.25, 0.3) is 0 Å². The molecule has 5 aromatic carbocycles. The smallest absolute Gasteiger partial charge is 0.0527 e. The van der Waals surface area contributed by atoms with E-state index < -0.39 is 0 Å². The van der Waals surface area contributed by atoms with Crippen LogP contribution in [0, 0.1) is 12.8 Å². The van der Waals surface area contributed by atoms with Crippen LogP contribution in [0.1, 0.15) is 56.4 Å². The van der Waals surface area contributed by atoms with Gasteiger partial charge in [0.05, 0.1) is 6.04 Å². The maximum Gasteiger partial charge on any atom is 0.0527 e. The monoisotopic (exact) mass is 793 g/mol. The van der Waals surface area contributed by atoms with E-state index in [4.69, 9.17) is 6.58 Å². The molecule has 1 heteroatoms. The molecule has 61 heavy (non-hydrogen) atoms. The van der Waals surface area contributed by atoms with Gasteiger partial charge in [-0.25, -0.2) is 0 Å². The molecule has 0 saturated carbocycles. The molecule has 6 rings (SSSR count). The molecule has 1 aliphatic carbocycles. The molecule has 304 valence electrons. The van der Waals surface area contributed by atoms with Crippen LogP contribution >= 0.6 is 0 Å². The molecule has 0 radical (unpaired) electrons. The third-order valence-electron chi connectivity index (χ3n) is 11.3. The highest BCUT2D eigenvalue weighted by atomic mass is 15.2. The summed E-state index contributed by atoms with van der Waals surface area (Å²) in [6, 6.07) is 45.1. The molecule has 5 aromatic rings. The molecule has 2 unspecified atom stereocenters. The number of hydrogen-bond donors (Lipinski definition) is 0. The summed E-state index contributed by atoms with van der Waals surface area (Å²) in [5.74, 6) is 0.286. The molecule has 0 N–H and O–H groups in total. The van der Waals surface area contributed by atoms with Crippen molar-refractivity contribution in [2.75, 3.05) is 4.90 Å². The van der Waals surface area contributed by atoms with Gasteiger partial charge in [-0.1, -0.05) is 215 Å². The molecule has 0 aromatic heterocycles. The van der Waals surface area contributed by atoms with Crippen molar-refractivity contribution in [3.63, 3.8) is 0 Å². The highest BCUT2D eigenvalue weighted by molar-refractivity contribution is 6.06. The summed E-state index contributed by atoms with van der Waals surface area (Å²) < 4.78 is 0. The lowest BCUT2D eigenvalue weighted by molar-refractivity contribution is 0.580. The molecule has 1 nitrogen and oxygen atoms in total. The van der Waals surface area contributed by atoms with Crippen LogP contribution in [0.4, 0.5) is 5.69 Å². The van der Waals surface area contributed by atoms with E-state index in [1.54, 1.807) is 0 Å². The molecule has 0 bridgehead atoms. The highest BCUT2D eigenvalue weighted by Gasteiger charge is 2.24. The van der Waals surface area contributed by atoms with Gasteiger partial charge in [-0.15, -0.1) is 0 Å². The SMILES string of the molecule is C=CC(/C=C/C(/C=C\C)=C/C=C(\C)N(c1cccc2ccccc12)C1C=CC(C(=C)/C=C(\C(=C/C)c2ccccc2)c2ccccc2)=CC(C)C1)=C(\C=C)c1ccccc1C. The van der Waals surface area contributed by atoms with Crippen LogP contribution < -0.4 is 4.90 Å². The van der Waals surface area contributed by atoms with Crippen molar-refractivity contribution < 1.29 is 0 Å². The normalized spacial score (nSPS) is 17.0. The second-order valence-electron chi connectivity index (χ2n) is 15.5. The lowest BCUT2D eigenvalue weighted by Crippen LogP contribution is -2.33. The third-order valence-corrected chi connectivity index (χ3v) is 11.3. The maximum atomic E-state index is 4.69. The summed E-state index contributed by atoms with van der Waals surface area (Å²) >= 11 is 0. The Balaban J connectivity index is 1.40. The van der Waals surface area contributed by atoms with Crippen LogP contribution in [0.15, 0.2) is 254 Å². The summed E-state index contributed by atoms with van der Waals surface area (Å²) in [4.78, 5) is 2.52. The lowest BCUT2D eigenvalue weighted by Gasteiger charge is -2.34. The van der Waals surface area contributed by atoms with Crippen molar-refractivity contribution in [2.24, 2.45) is 5.92 Å². The van der Waals surface area contributed by atoms with Crippen molar-refractivity contribution in [1.29, 1.82) is 0 Å². The standard InChI is InChI=1S/C60H59N/c1-9-24-48(37-38-49(10-2)55(11-3)57-32-21-19-25-45(57)6)36-35-47(8)61(60-34-23-31-51-30-20-22-33-58(51)60)54-40-39-53(41-44(5)42-54)46(7)43-59(52-28-17-14-18-29-52)56(12-4)50-26-15-13-16-27-50/h9-41,43-44,54H,2-3,7,42H2,1,4-6,8H3/b24-9-,38-37+,47-35+,48-36+,55-49-,56-12-,59-43-. The second-order valence-corrected chi connectivity index (χ2v) is 15.5. The number of nitrogens with zero attached hydrogens (tertiary/aromatic N) is 1. The van der Waals surface area contributed by atoms with Crippen LogP contribution in [-0.2, 0) is 0 Å². The Morgan fingerprint density at radius 3 is 2.03 bits per heavy atom. The van der Waals surface area contributed by atoms with Gasteiger partial charge in [-0.3, -0.25) is 0 Å². The van der Waals surface area contributed by atoms with E-state index >= 15 is 0 Å². The molecule has 0 spiro atoms. The summed E-state index contributed by atoms with van der Waals surface area (Å²) in [5.41, 5.74) is 14.7. The first-order valence-corrected chi connectivity index (χ1v) is 21.4. The Morgan fingerprint density at radius 1 is 0.705 bits per heavy atom. The van der Waals surface area contributed by atoms with Crippen molar-refractivity contribution >= 4 is 33.2 Å². The Bertz CT molecular complexity index is 2640. The lowest BCUT2D eigenvalue weighted by atomic mass is 9.89. The number of allylic oxidation sites excluding steroid dienone is 20. The minimum atomic E-state index is 0.0836. The minimum absolute atomic E-state index is 0.0836. The van der Waals surface area contributed by atoms with E-state index in [1.807, 2.05) is 12.2 Å². The average molecular weight is 794 g/mol. The predicted octanol–water partition coefficient (Wildman–Crippen LogP) is 16.4. The minimum Gasteiger partial charge on any atom is -0.338 e. The van der Waals surface area contributed by atoms with Crippen molar-refractivity contribution in [2.45, 2.75) is 47.1 Å². The fourth-order valence-corrected chi connectivity index (χ4v) is 8.21. The quantitative estimate of drug-likeness (QED) is 0.0955. The maximum absolute atomic E-state index is 4.69. The number of hydrogen-bond acceptors (Lipinski definition) is 1. The van der Waals surface area contributed by atoms with Crippen molar-refractivity contribution in [1.82, 2.24) is 0 Å². The third kappa shape index (κ3) is 10.8. The Labute approximate surface area is 365 Å². The van der Waals surface area contributed by atoms with Gasteiger partial charge in [-0.05, 0) is 125 Å². The fourth-order valence-electron chi connectivity index (χ4n) is 8.21. The van der Waals surface area contributed by atoms with Gasteiger partial charge in [0.1, 0.15) is 0 Å². The van der Waals surface area contributed by atoms with Gasteiger partial charge in [0, 0.05) is 16.8 Å². The first-order chi connectivity index (χ1) is 29.8. The zero-order valence-electron chi connectivity index (χ0n) is 36.6. The topological polar surface area (TPSA) is 3.24 Å². The molecule has 2 atom stereocenters. The summed E-state index contributed by atoms with van der Waals surface area (Å²) in [6.45, 7) is 23.9. The van der Waals surface area contributed by atoms with E-state index in [0.29, 0.717) is 0 Å². The zero-order valence-corrected chi connectivity index (χ0v) is 36.6. The van der Waals surface area contributed by atoms with Crippen LogP contribution in [0.2, 0.25) is 0 Å². The Morgan fingerprint density at radius 2 is 1.36 bits per heavy atom. The summed E-state index contributed by atoms with van der Waals surface area (Å²) in [5, 5.41) is 2.44. The molecular weight excluding hydrogens is 735 g/mol. The Hall–Kier alpha value is -6.96. The first kappa shape index (κ1) is 43.6. The van der Waals surface area contributed by atoms with Gasteiger partial charge in [-0.2, -0.15) is 0 Å². The number of fused-ring (bicyclic) bond motifs is 1.